The summed E-state index contributed by atoms with van der Waals surface area (Å²) in [5.41, 5.74) is 7.68. The monoisotopic (exact) mass is 461 g/mol. The van der Waals surface area contributed by atoms with E-state index < -0.39 is 0 Å². The predicted molar refractivity (Wildman–Crippen MR) is 142 cm³/mol. The number of thiocarbonyl (C=S) groups is 1. The second-order valence-electron chi connectivity index (χ2n) is 9.02. The van der Waals surface area contributed by atoms with E-state index in [9.17, 15) is 0 Å². The standard InChI is InChI=1S/C28H35N3OS/c1-4-5-15-30-16-7-10-24-18-23(13-14-27(24)30)19-31(20-25-11-8-17-32-25)28(33)29-26-12-6-9-21(2)22(26)3/h6,8-9,11-14,17-18H,4-5,7,10,15-16,19-20H2,1-3H3,(H,29,33). The summed E-state index contributed by atoms with van der Waals surface area (Å²) in [6.07, 6.45) is 6.57. The third-order valence-corrected chi connectivity index (χ3v) is 6.93. The van der Waals surface area contributed by atoms with Gasteiger partial charge in [0.25, 0.3) is 0 Å². The van der Waals surface area contributed by atoms with Crippen molar-refractivity contribution in [2.45, 2.75) is 59.5 Å². The van der Waals surface area contributed by atoms with Crippen LogP contribution in [0, 0.1) is 13.8 Å². The van der Waals surface area contributed by atoms with Gasteiger partial charge in [-0.15, -0.1) is 0 Å². The van der Waals surface area contributed by atoms with E-state index >= 15 is 0 Å². The fraction of sp³-hybridized carbons (Fsp3) is 0.393. The van der Waals surface area contributed by atoms with Crippen LogP contribution in [0.15, 0.2) is 59.2 Å². The largest absolute Gasteiger partial charge is 0.467 e. The van der Waals surface area contributed by atoms with Gasteiger partial charge in [0.15, 0.2) is 5.11 Å². The highest BCUT2D eigenvalue weighted by molar-refractivity contribution is 7.80. The summed E-state index contributed by atoms with van der Waals surface area (Å²) in [6.45, 7) is 10.2. The molecular formula is C28H35N3OS. The number of hydrogen-bond donors (Lipinski definition) is 1. The highest BCUT2D eigenvalue weighted by Gasteiger charge is 2.19. The quantitative estimate of drug-likeness (QED) is 0.371. The molecule has 0 saturated carbocycles. The van der Waals surface area contributed by atoms with Crippen LogP contribution in [0.1, 0.15) is 54.2 Å². The summed E-state index contributed by atoms with van der Waals surface area (Å²) in [5.74, 6) is 0.906. The van der Waals surface area contributed by atoms with Gasteiger partial charge >= 0.3 is 0 Å². The molecule has 0 spiro atoms. The first-order valence-electron chi connectivity index (χ1n) is 12.1. The molecule has 2 aromatic carbocycles. The summed E-state index contributed by atoms with van der Waals surface area (Å²) >= 11 is 5.89. The number of nitrogens with one attached hydrogen (secondary N) is 1. The maximum Gasteiger partial charge on any atom is 0.174 e. The van der Waals surface area contributed by atoms with Gasteiger partial charge in [0.2, 0.25) is 0 Å². The van der Waals surface area contributed by atoms with Crippen molar-refractivity contribution >= 4 is 28.7 Å². The first-order chi connectivity index (χ1) is 16.0. The second-order valence-corrected chi connectivity index (χ2v) is 9.41. The zero-order valence-corrected chi connectivity index (χ0v) is 20.9. The lowest BCUT2D eigenvalue weighted by Crippen LogP contribution is -2.34. The normalized spacial score (nSPS) is 13.0. The number of fused-ring (bicyclic) bond motifs is 1. The van der Waals surface area contributed by atoms with E-state index in [4.69, 9.17) is 16.6 Å². The zero-order chi connectivity index (χ0) is 23.2. The maximum atomic E-state index is 5.89. The smallest absolute Gasteiger partial charge is 0.174 e. The van der Waals surface area contributed by atoms with E-state index in [0.717, 1.165) is 31.0 Å². The molecule has 4 rings (SSSR count). The Kier molecular flexibility index (Phi) is 7.71. The van der Waals surface area contributed by atoms with E-state index in [0.29, 0.717) is 11.7 Å². The summed E-state index contributed by atoms with van der Waals surface area (Å²) < 4.78 is 5.65. The van der Waals surface area contributed by atoms with Crippen LogP contribution in [0.25, 0.3) is 0 Å². The molecule has 2 heterocycles. The Labute approximate surface area is 203 Å². The SMILES string of the molecule is CCCCN1CCCc2cc(CN(Cc3ccco3)C(=S)Nc3cccc(C)c3C)ccc21. The number of rotatable bonds is 8. The number of benzene rings is 2. The van der Waals surface area contributed by atoms with Crippen LogP contribution >= 0.6 is 12.2 Å². The minimum atomic E-state index is 0.628. The molecule has 0 fully saturated rings. The first kappa shape index (κ1) is 23.4. The van der Waals surface area contributed by atoms with Crippen LogP contribution in [-0.4, -0.2) is 23.1 Å². The van der Waals surface area contributed by atoms with Gasteiger partial charge in [0.05, 0.1) is 12.8 Å². The molecule has 174 valence electrons. The summed E-state index contributed by atoms with van der Waals surface area (Å²) in [5, 5.41) is 4.19. The van der Waals surface area contributed by atoms with Crippen molar-refractivity contribution in [1.29, 1.82) is 0 Å². The molecular weight excluding hydrogens is 426 g/mol. The Balaban J connectivity index is 1.54. The molecule has 1 aromatic heterocycles. The Hall–Kier alpha value is -2.79. The first-order valence-corrected chi connectivity index (χ1v) is 12.5. The number of nitrogens with zero attached hydrogens (tertiary/aromatic N) is 2. The molecule has 1 aliphatic rings. The van der Waals surface area contributed by atoms with Crippen LogP contribution in [0.4, 0.5) is 11.4 Å². The molecule has 0 aliphatic carbocycles. The lowest BCUT2D eigenvalue weighted by molar-refractivity contribution is 0.360. The van der Waals surface area contributed by atoms with Gasteiger partial charge in [-0.05, 0) is 91.8 Å². The molecule has 5 heteroatoms. The maximum absolute atomic E-state index is 5.89. The summed E-state index contributed by atoms with van der Waals surface area (Å²) in [7, 11) is 0. The van der Waals surface area contributed by atoms with Gasteiger partial charge in [0, 0.05) is 31.0 Å². The second kappa shape index (κ2) is 10.9. The Bertz CT molecular complexity index is 1080. The van der Waals surface area contributed by atoms with Gasteiger partial charge in [-0.25, -0.2) is 0 Å². The molecule has 1 aliphatic heterocycles. The number of furan rings is 1. The van der Waals surface area contributed by atoms with E-state index in [-0.39, 0.29) is 0 Å². The highest BCUT2D eigenvalue weighted by atomic mass is 32.1. The number of hydrogen-bond acceptors (Lipinski definition) is 3. The number of anilines is 2. The van der Waals surface area contributed by atoms with Gasteiger partial charge in [-0.2, -0.15) is 0 Å². The van der Waals surface area contributed by atoms with Crippen molar-refractivity contribution < 1.29 is 4.42 Å². The van der Waals surface area contributed by atoms with Crippen molar-refractivity contribution in [2.75, 3.05) is 23.3 Å². The van der Waals surface area contributed by atoms with Crippen molar-refractivity contribution in [3.8, 4) is 0 Å². The molecule has 1 N–H and O–H groups in total. The minimum Gasteiger partial charge on any atom is -0.467 e. The van der Waals surface area contributed by atoms with E-state index in [1.807, 2.05) is 12.1 Å². The van der Waals surface area contributed by atoms with Crippen molar-refractivity contribution in [3.63, 3.8) is 0 Å². The average Bonchev–Trinajstić information content (AvgIpc) is 3.33. The van der Waals surface area contributed by atoms with Crippen LogP contribution in [0.2, 0.25) is 0 Å². The number of unbranched alkanes of at least 4 members (excludes halogenated alkanes) is 1. The zero-order valence-electron chi connectivity index (χ0n) is 20.1. The van der Waals surface area contributed by atoms with Crippen molar-refractivity contribution in [3.05, 3.63) is 82.8 Å². The van der Waals surface area contributed by atoms with Gasteiger partial charge < -0.3 is 19.5 Å². The van der Waals surface area contributed by atoms with Gasteiger partial charge in [-0.3, -0.25) is 0 Å². The third kappa shape index (κ3) is 5.77. The fourth-order valence-corrected chi connectivity index (χ4v) is 4.74. The van der Waals surface area contributed by atoms with Crippen molar-refractivity contribution in [1.82, 2.24) is 4.90 Å². The summed E-state index contributed by atoms with van der Waals surface area (Å²) in [4.78, 5) is 4.74. The summed E-state index contributed by atoms with van der Waals surface area (Å²) in [6, 6.07) is 17.2. The van der Waals surface area contributed by atoms with Crippen LogP contribution < -0.4 is 10.2 Å². The molecule has 0 atom stereocenters. The molecule has 0 saturated heterocycles. The predicted octanol–water partition coefficient (Wildman–Crippen LogP) is 6.85. The third-order valence-electron chi connectivity index (χ3n) is 6.57. The molecule has 0 radical (unpaired) electrons. The van der Waals surface area contributed by atoms with E-state index in [2.05, 4.69) is 72.3 Å². The lowest BCUT2D eigenvalue weighted by Gasteiger charge is -2.32. The van der Waals surface area contributed by atoms with Gasteiger partial charge in [-0.1, -0.05) is 37.6 Å². The Morgan fingerprint density at radius 3 is 2.79 bits per heavy atom. The van der Waals surface area contributed by atoms with E-state index in [1.54, 1.807) is 6.26 Å². The number of aryl methyl sites for hydroxylation is 2. The average molecular weight is 462 g/mol. The topological polar surface area (TPSA) is 31.6 Å². The fourth-order valence-electron chi connectivity index (χ4n) is 4.50. The van der Waals surface area contributed by atoms with Gasteiger partial charge in [0.1, 0.15) is 5.76 Å². The molecule has 0 amide bonds. The molecule has 33 heavy (non-hydrogen) atoms. The van der Waals surface area contributed by atoms with Crippen LogP contribution in [0.3, 0.4) is 0 Å². The Morgan fingerprint density at radius 2 is 2.00 bits per heavy atom. The minimum absolute atomic E-state index is 0.628. The molecule has 3 aromatic rings. The molecule has 0 bridgehead atoms. The highest BCUT2D eigenvalue weighted by Crippen LogP contribution is 2.29. The molecule has 4 nitrogen and oxygen atoms in total. The van der Waals surface area contributed by atoms with E-state index in [1.165, 1.54) is 53.7 Å². The van der Waals surface area contributed by atoms with Crippen LogP contribution in [0.5, 0.6) is 0 Å². The Morgan fingerprint density at radius 1 is 1.12 bits per heavy atom. The van der Waals surface area contributed by atoms with Crippen molar-refractivity contribution in [2.24, 2.45) is 0 Å². The lowest BCUT2D eigenvalue weighted by atomic mass is 9.98. The van der Waals surface area contributed by atoms with Crippen LogP contribution in [-0.2, 0) is 19.5 Å². The molecule has 0 unspecified atom stereocenters.